The van der Waals surface area contributed by atoms with Gasteiger partial charge in [-0.15, -0.1) is 35.3 Å². The van der Waals surface area contributed by atoms with Crippen LogP contribution in [0.1, 0.15) is 41.3 Å². The van der Waals surface area contributed by atoms with Gasteiger partial charge in [0.15, 0.2) is 5.96 Å². The number of likely N-dealkylation sites (tertiary alicyclic amines) is 1. The molecule has 1 aliphatic heterocycles. The maximum absolute atomic E-state index is 9.63. The van der Waals surface area contributed by atoms with Crippen LogP contribution in [-0.4, -0.2) is 41.7 Å². The standard InChI is InChI=1S/C22H32N4OS.HI/c1-3-23-22(25-15-21-17(2)10-13-28-21)24-14-18-4-6-19(7-5-18)16-26-11-8-20(27)9-12-26;/h4-7,10,13,20,27H,3,8-9,11-12,14-16H2,1-2H3,(H2,23,24,25);1H. The fraction of sp³-hybridized carbons (Fsp3) is 0.500. The van der Waals surface area contributed by atoms with E-state index in [1.807, 2.05) is 0 Å². The molecule has 3 rings (SSSR count). The lowest BCUT2D eigenvalue weighted by Crippen LogP contribution is -2.36. The van der Waals surface area contributed by atoms with Gasteiger partial charge in [0.2, 0.25) is 0 Å². The van der Waals surface area contributed by atoms with E-state index in [1.54, 1.807) is 11.3 Å². The van der Waals surface area contributed by atoms with E-state index in [1.165, 1.54) is 21.6 Å². The summed E-state index contributed by atoms with van der Waals surface area (Å²) in [6.45, 7) is 9.46. The summed E-state index contributed by atoms with van der Waals surface area (Å²) in [7, 11) is 0. The van der Waals surface area contributed by atoms with Crippen LogP contribution in [0.25, 0.3) is 0 Å². The Morgan fingerprint density at radius 1 is 1.14 bits per heavy atom. The highest BCUT2D eigenvalue weighted by Crippen LogP contribution is 2.16. The van der Waals surface area contributed by atoms with E-state index in [2.05, 4.69) is 65.1 Å². The van der Waals surface area contributed by atoms with Gasteiger partial charge >= 0.3 is 0 Å². The Morgan fingerprint density at radius 3 is 2.45 bits per heavy atom. The topological polar surface area (TPSA) is 59.9 Å². The molecule has 1 saturated heterocycles. The van der Waals surface area contributed by atoms with Crippen molar-refractivity contribution in [2.45, 2.75) is 52.4 Å². The third kappa shape index (κ3) is 7.88. The Kier molecular flexibility index (Phi) is 10.4. The summed E-state index contributed by atoms with van der Waals surface area (Å²) >= 11 is 1.78. The monoisotopic (exact) mass is 528 g/mol. The van der Waals surface area contributed by atoms with Crippen LogP contribution in [0.5, 0.6) is 0 Å². The highest BCUT2D eigenvalue weighted by atomic mass is 127. The van der Waals surface area contributed by atoms with Crippen molar-refractivity contribution in [1.29, 1.82) is 0 Å². The largest absolute Gasteiger partial charge is 0.393 e. The summed E-state index contributed by atoms with van der Waals surface area (Å²) in [5.41, 5.74) is 3.86. The summed E-state index contributed by atoms with van der Waals surface area (Å²) in [6, 6.07) is 10.9. The Bertz CT molecular complexity index is 754. The minimum Gasteiger partial charge on any atom is -0.393 e. The zero-order valence-electron chi connectivity index (χ0n) is 17.4. The van der Waals surface area contributed by atoms with Crippen LogP contribution in [0.4, 0.5) is 0 Å². The van der Waals surface area contributed by atoms with E-state index in [0.29, 0.717) is 6.54 Å². The van der Waals surface area contributed by atoms with Crippen LogP contribution in [-0.2, 0) is 19.6 Å². The maximum Gasteiger partial charge on any atom is 0.191 e. The molecule has 0 amide bonds. The fourth-order valence-electron chi connectivity index (χ4n) is 3.35. The highest BCUT2D eigenvalue weighted by molar-refractivity contribution is 14.0. The molecule has 7 heteroatoms. The fourth-order valence-corrected chi connectivity index (χ4v) is 4.19. The molecule has 0 unspecified atom stereocenters. The lowest BCUT2D eigenvalue weighted by atomic mass is 10.1. The van der Waals surface area contributed by atoms with Gasteiger partial charge in [-0.05, 0) is 54.8 Å². The first-order chi connectivity index (χ1) is 13.6. The molecular formula is C22H33IN4OS. The quantitative estimate of drug-likeness (QED) is 0.290. The van der Waals surface area contributed by atoms with Crippen molar-refractivity contribution in [1.82, 2.24) is 15.5 Å². The molecule has 1 aliphatic rings. The number of guanidine groups is 1. The summed E-state index contributed by atoms with van der Waals surface area (Å²) in [5.74, 6) is 0.853. The minimum atomic E-state index is -0.111. The van der Waals surface area contributed by atoms with Crippen molar-refractivity contribution >= 4 is 41.3 Å². The number of nitrogens with one attached hydrogen (secondary N) is 2. The third-order valence-electron chi connectivity index (χ3n) is 5.13. The van der Waals surface area contributed by atoms with Crippen LogP contribution in [0.15, 0.2) is 40.7 Å². The van der Waals surface area contributed by atoms with Crippen molar-refractivity contribution in [2.24, 2.45) is 4.99 Å². The molecule has 3 N–H and O–H groups in total. The normalized spacial score (nSPS) is 15.8. The number of hydrogen-bond donors (Lipinski definition) is 3. The second kappa shape index (κ2) is 12.5. The predicted octanol–water partition coefficient (Wildman–Crippen LogP) is 3.89. The lowest BCUT2D eigenvalue weighted by molar-refractivity contribution is 0.0792. The van der Waals surface area contributed by atoms with E-state index in [0.717, 1.165) is 51.5 Å². The molecule has 0 saturated carbocycles. The number of aliphatic imine (C=N–C) groups is 1. The van der Waals surface area contributed by atoms with Crippen molar-refractivity contribution in [3.8, 4) is 0 Å². The van der Waals surface area contributed by atoms with Gasteiger partial charge in [0.25, 0.3) is 0 Å². The smallest absolute Gasteiger partial charge is 0.191 e. The van der Waals surface area contributed by atoms with E-state index < -0.39 is 0 Å². The highest BCUT2D eigenvalue weighted by Gasteiger charge is 2.16. The summed E-state index contributed by atoms with van der Waals surface area (Å²) in [6.07, 6.45) is 1.66. The van der Waals surface area contributed by atoms with Gasteiger partial charge in [0.05, 0.1) is 19.2 Å². The molecule has 1 fully saturated rings. The summed E-state index contributed by atoms with van der Waals surface area (Å²) in [5, 5.41) is 18.5. The Hall–Kier alpha value is -1.16. The predicted molar refractivity (Wildman–Crippen MR) is 133 cm³/mol. The molecule has 0 radical (unpaired) electrons. The third-order valence-corrected chi connectivity index (χ3v) is 6.16. The van der Waals surface area contributed by atoms with Crippen LogP contribution < -0.4 is 10.6 Å². The number of rotatable bonds is 7. The molecule has 29 heavy (non-hydrogen) atoms. The number of aryl methyl sites for hydroxylation is 1. The van der Waals surface area contributed by atoms with Gasteiger partial charge in [0.1, 0.15) is 0 Å². The summed E-state index contributed by atoms with van der Waals surface area (Å²) in [4.78, 5) is 8.49. The molecule has 2 aromatic rings. The number of halogens is 1. The molecule has 2 heterocycles. The van der Waals surface area contributed by atoms with Crippen molar-refractivity contribution in [3.63, 3.8) is 0 Å². The molecule has 160 valence electrons. The van der Waals surface area contributed by atoms with Gasteiger partial charge in [-0.2, -0.15) is 0 Å². The average molecular weight is 529 g/mol. The second-order valence-electron chi connectivity index (χ2n) is 7.40. The maximum atomic E-state index is 9.63. The van der Waals surface area contributed by atoms with Gasteiger partial charge in [-0.25, -0.2) is 4.99 Å². The SMILES string of the molecule is CCNC(=NCc1ccc(CN2CCC(O)CC2)cc1)NCc1sccc1C.I. The first kappa shape index (κ1) is 24.1. The van der Waals surface area contributed by atoms with E-state index in [9.17, 15) is 5.11 Å². The van der Waals surface area contributed by atoms with E-state index in [4.69, 9.17) is 4.99 Å². The lowest BCUT2D eigenvalue weighted by Gasteiger charge is -2.29. The number of hydrogen-bond acceptors (Lipinski definition) is 4. The number of benzene rings is 1. The molecule has 5 nitrogen and oxygen atoms in total. The molecule has 0 atom stereocenters. The van der Waals surface area contributed by atoms with Gasteiger partial charge < -0.3 is 15.7 Å². The Labute approximate surface area is 195 Å². The average Bonchev–Trinajstić information content (AvgIpc) is 3.12. The Balaban J connectivity index is 0.00000300. The van der Waals surface area contributed by atoms with Crippen LogP contribution in [0, 0.1) is 6.92 Å². The Morgan fingerprint density at radius 2 is 1.83 bits per heavy atom. The van der Waals surface area contributed by atoms with Crippen molar-refractivity contribution < 1.29 is 5.11 Å². The van der Waals surface area contributed by atoms with Gasteiger partial charge in [0, 0.05) is 31.1 Å². The second-order valence-corrected chi connectivity index (χ2v) is 8.40. The molecule has 1 aromatic heterocycles. The molecule has 0 aliphatic carbocycles. The molecule has 0 spiro atoms. The van der Waals surface area contributed by atoms with E-state index in [-0.39, 0.29) is 30.1 Å². The van der Waals surface area contributed by atoms with Crippen LogP contribution >= 0.6 is 35.3 Å². The summed E-state index contributed by atoms with van der Waals surface area (Å²) < 4.78 is 0. The molecule has 0 bridgehead atoms. The molecular weight excluding hydrogens is 495 g/mol. The zero-order chi connectivity index (χ0) is 19.8. The van der Waals surface area contributed by atoms with E-state index >= 15 is 0 Å². The van der Waals surface area contributed by atoms with Crippen LogP contribution in [0.2, 0.25) is 0 Å². The molecule has 1 aromatic carbocycles. The number of aliphatic hydroxyl groups is 1. The zero-order valence-corrected chi connectivity index (χ0v) is 20.5. The number of nitrogens with zero attached hydrogens (tertiary/aromatic N) is 2. The number of thiophene rings is 1. The van der Waals surface area contributed by atoms with Gasteiger partial charge in [-0.3, -0.25) is 4.90 Å². The first-order valence-corrected chi connectivity index (χ1v) is 11.1. The van der Waals surface area contributed by atoms with Crippen molar-refractivity contribution in [3.05, 3.63) is 57.3 Å². The minimum absolute atomic E-state index is 0. The number of piperidine rings is 1. The number of aliphatic hydroxyl groups excluding tert-OH is 1. The van der Waals surface area contributed by atoms with Crippen LogP contribution in [0.3, 0.4) is 0 Å². The first-order valence-electron chi connectivity index (χ1n) is 10.2. The van der Waals surface area contributed by atoms with Gasteiger partial charge in [-0.1, -0.05) is 24.3 Å². The van der Waals surface area contributed by atoms with Crippen molar-refractivity contribution in [2.75, 3.05) is 19.6 Å².